The molecule has 0 aliphatic carbocycles. The second-order valence-electron chi connectivity index (χ2n) is 4.01. The van der Waals surface area contributed by atoms with Gasteiger partial charge in [0.05, 0.1) is 6.04 Å². The van der Waals surface area contributed by atoms with Gasteiger partial charge in [-0.2, -0.15) is 0 Å². The molecule has 0 saturated carbocycles. The van der Waals surface area contributed by atoms with Crippen molar-refractivity contribution in [1.29, 1.82) is 0 Å². The Bertz CT molecular complexity index is 195. The number of nitrogens with two attached hydrogens (primary N) is 1. The van der Waals surface area contributed by atoms with Crippen molar-refractivity contribution in [1.82, 2.24) is 0 Å². The molecule has 0 aromatic carbocycles. The largest absolute Gasteiger partial charge is 0.321 e. The van der Waals surface area contributed by atoms with Gasteiger partial charge in [-0.1, -0.05) is 20.8 Å². The smallest absolute Gasteiger partial charge is 0.151 e. The average molecular weight is 167 g/mol. The minimum absolute atomic E-state index is 0.0560. The van der Waals surface area contributed by atoms with Gasteiger partial charge in [0.25, 0.3) is 0 Å². The molecule has 68 valence electrons. The topological polar surface area (TPSA) is 43.1 Å². The number of rotatable bonds is 3. The minimum Gasteiger partial charge on any atom is -0.321 e. The quantitative estimate of drug-likeness (QED) is 0.645. The highest BCUT2D eigenvalue weighted by Gasteiger charge is 2.26. The Morgan fingerprint density at radius 1 is 1.58 bits per heavy atom. The summed E-state index contributed by atoms with van der Waals surface area (Å²) in [5, 5.41) is 0. The van der Waals surface area contributed by atoms with Crippen LogP contribution in [0, 0.1) is 17.8 Å². The number of carbonyl (C=O) groups is 1. The van der Waals surface area contributed by atoms with Crippen molar-refractivity contribution in [2.75, 3.05) is 0 Å². The molecule has 0 bridgehead atoms. The normalized spacial score (nSPS) is 13.6. The summed E-state index contributed by atoms with van der Waals surface area (Å²) < 4.78 is 0. The summed E-state index contributed by atoms with van der Waals surface area (Å²) in [6, 6.07) is -0.397. The van der Waals surface area contributed by atoms with Crippen molar-refractivity contribution in [3.8, 4) is 12.3 Å². The molecule has 0 fully saturated rings. The van der Waals surface area contributed by atoms with Gasteiger partial charge in [0.2, 0.25) is 0 Å². The number of Topliss-reactive ketones (excluding diaryl/α,β-unsaturated/α-hetero) is 1. The summed E-state index contributed by atoms with van der Waals surface area (Å²) in [6.45, 7) is 5.85. The van der Waals surface area contributed by atoms with Gasteiger partial charge in [0.1, 0.15) is 0 Å². The molecule has 2 heteroatoms. The Labute approximate surface area is 74.5 Å². The Kier molecular flexibility index (Phi) is 3.99. The highest BCUT2D eigenvalue weighted by atomic mass is 16.1. The number of terminal acetylenes is 1. The Hall–Kier alpha value is -0.810. The fraction of sp³-hybridized carbons (Fsp3) is 0.700. The van der Waals surface area contributed by atoms with E-state index < -0.39 is 6.04 Å². The monoisotopic (exact) mass is 167 g/mol. The van der Waals surface area contributed by atoms with Crippen LogP contribution in [0.25, 0.3) is 0 Å². The van der Waals surface area contributed by atoms with E-state index >= 15 is 0 Å². The molecular weight excluding hydrogens is 150 g/mol. The lowest BCUT2D eigenvalue weighted by atomic mass is 9.84. The Balaban J connectivity index is 4.04. The van der Waals surface area contributed by atoms with Crippen molar-refractivity contribution in [3.05, 3.63) is 0 Å². The number of hydrogen-bond acceptors (Lipinski definition) is 2. The summed E-state index contributed by atoms with van der Waals surface area (Å²) >= 11 is 0. The van der Waals surface area contributed by atoms with Crippen LogP contribution in [0.3, 0.4) is 0 Å². The third kappa shape index (κ3) is 3.54. The van der Waals surface area contributed by atoms with Crippen molar-refractivity contribution in [3.63, 3.8) is 0 Å². The Morgan fingerprint density at radius 2 is 2.08 bits per heavy atom. The first-order chi connectivity index (χ1) is 5.39. The van der Waals surface area contributed by atoms with E-state index in [9.17, 15) is 4.79 Å². The van der Waals surface area contributed by atoms with Gasteiger partial charge in [0.15, 0.2) is 5.78 Å². The highest BCUT2D eigenvalue weighted by molar-refractivity contribution is 5.84. The molecule has 2 nitrogen and oxygen atoms in total. The van der Waals surface area contributed by atoms with Crippen molar-refractivity contribution >= 4 is 5.78 Å². The second-order valence-corrected chi connectivity index (χ2v) is 4.01. The first-order valence-corrected chi connectivity index (χ1v) is 4.11. The molecule has 0 amide bonds. The summed E-state index contributed by atoms with van der Waals surface area (Å²) in [5.74, 6) is 2.48. The van der Waals surface area contributed by atoms with Gasteiger partial charge in [-0.05, 0) is 5.41 Å². The first kappa shape index (κ1) is 11.2. The molecule has 0 aliphatic rings. The molecule has 0 aromatic heterocycles. The lowest BCUT2D eigenvalue weighted by molar-refractivity contribution is -0.122. The van der Waals surface area contributed by atoms with E-state index in [1.807, 2.05) is 20.8 Å². The maximum atomic E-state index is 11.3. The van der Waals surface area contributed by atoms with E-state index in [0.29, 0.717) is 12.8 Å². The van der Waals surface area contributed by atoms with E-state index in [1.165, 1.54) is 0 Å². The molecule has 0 radical (unpaired) electrons. The van der Waals surface area contributed by atoms with Crippen LogP contribution in [0.4, 0.5) is 0 Å². The zero-order valence-corrected chi connectivity index (χ0v) is 8.05. The van der Waals surface area contributed by atoms with Gasteiger partial charge < -0.3 is 5.73 Å². The lowest BCUT2D eigenvalue weighted by Gasteiger charge is -2.25. The maximum Gasteiger partial charge on any atom is 0.151 e. The van der Waals surface area contributed by atoms with Crippen LogP contribution in [0.15, 0.2) is 0 Å². The summed E-state index contributed by atoms with van der Waals surface area (Å²) in [4.78, 5) is 11.3. The van der Waals surface area contributed by atoms with E-state index in [2.05, 4.69) is 5.92 Å². The first-order valence-electron chi connectivity index (χ1n) is 4.11. The van der Waals surface area contributed by atoms with E-state index in [4.69, 9.17) is 12.2 Å². The third-order valence-corrected chi connectivity index (χ3v) is 1.80. The molecule has 2 N–H and O–H groups in total. The second kappa shape index (κ2) is 4.27. The third-order valence-electron chi connectivity index (χ3n) is 1.80. The summed E-state index contributed by atoms with van der Waals surface area (Å²) in [5.41, 5.74) is 5.56. The minimum atomic E-state index is -0.397. The van der Waals surface area contributed by atoms with E-state index in [0.717, 1.165) is 0 Å². The van der Waals surface area contributed by atoms with Gasteiger partial charge in [-0.3, -0.25) is 4.79 Å². The van der Waals surface area contributed by atoms with Gasteiger partial charge >= 0.3 is 0 Å². The standard InChI is InChI=1S/C10H17NO/c1-5-6-7-8(12)9(11)10(2,3)4/h1,9H,6-7,11H2,2-4H3. The molecule has 0 saturated heterocycles. The van der Waals surface area contributed by atoms with Gasteiger partial charge in [-0.15, -0.1) is 12.3 Å². The zero-order valence-electron chi connectivity index (χ0n) is 8.05. The fourth-order valence-corrected chi connectivity index (χ4v) is 0.834. The molecule has 0 rings (SSSR count). The molecule has 0 aliphatic heterocycles. The van der Waals surface area contributed by atoms with Crippen LogP contribution >= 0.6 is 0 Å². The van der Waals surface area contributed by atoms with Crippen molar-refractivity contribution < 1.29 is 4.79 Å². The summed E-state index contributed by atoms with van der Waals surface area (Å²) in [7, 11) is 0. The fourth-order valence-electron chi connectivity index (χ4n) is 0.834. The van der Waals surface area contributed by atoms with Crippen LogP contribution in [-0.2, 0) is 4.79 Å². The molecule has 12 heavy (non-hydrogen) atoms. The number of ketones is 1. The van der Waals surface area contributed by atoms with Gasteiger partial charge in [0, 0.05) is 12.8 Å². The highest BCUT2D eigenvalue weighted by Crippen LogP contribution is 2.18. The molecule has 0 spiro atoms. The number of hydrogen-bond donors (Lipinski definition) is 1. The maximum absolute atomic E-state index is 11.3. The average Bonchev–Trinajstić information content (AvgIpc) is 1.97. The van der Waals surface area contributed by atoms with E-state index in [-0.39, 0.29) is 11.2 Å². The number of carbonyl (C=O) groups excluding carboxylic acids is 1. The molecule has 0 heterocycles. The SMILES string of the molecule is C#CCCC(=O)C(N)C(C)(C)C. The van der Waals surface area contributed by atoms with E-state index in [1.54, 1.807) is 0 Å². The Morgan fingerprint density at radius 3 is 2.42 bits per heavy atom. The van der Waals surface area contributed by atoms with Crippen molar-refractivity contribution in [2.45, 2.75) is 39.7 Å². The van der Waals surface area contributed by atoms with Gasteiger partial charge in [-0.25, -0.2) is 0 Å². The zero-order chi connectivity index (χ0) is 9.78. The lowest BCUT2D eigenvalue weighted by Crippen LogP contribution is -2.42. The predicted molar refractivity (Wildman–Crippen MR) is 50.5 cm³/mol. The molecule has 1 unspecified atom stereocenters. The van der Waals surface area contributed by atoms with Crippen molar-refractivity contribution in [2.24, 2.45) is 11.1 Å². The van der Waals surface area contributed by atoms with Crippen LogP contribution in [0.1, 0.15) is 33.6 Å². The molecule has 0 aromatic rings. The van der Waals surface area contributed by atoms with Crippen LogP contribution in [0.2, 0.25) is 0 Å². The van der Waals surface area contributed by atoms with Crippen LogP contribution in [0.5, 0.6) is 0 Å². The van der Waals surface area contributed by atoms with Crippen LogP contribution in [-0.4, -0.2) is 11.8 Å². The van der Waals surface area contributed by atoms with Crippen LogP contribution < -0.4 is 5.73 Å². The summed E-state index contributed by atoms with van der Waals surface area (Å²) in [6.07, 6.45) is 5.93. The molecule has 1 atom stereocenters. The molecular formula is C10H17NO. The predicted octanol–water partition coefficient (Wildman–Crippen LogP) is 1.34.